The minimum atomic E-state index is -0.157. The van der Waals surface area contributed by atoms with Crippen LogP contribution in [-0.4, -0.2) is 17.6 Å². The zero-order valence-electron chi connectivity index (χ0n) is 11.6. The van der Waals surface area contributed by atoms with Gasteiger partial charge in [0, 0.05) is 17.8 Å². The van der Waals surface area contributed by atoms with E-state index in [2.05, 4.69) is 10.6 Å². The van der Waals surface area contributed by atoms with Gasteiger partial charge in [-0.25, -0.2) is 0 Å². The van der Waals surface area contributed by atoms with Crippen LogP contribution in [0.25, 0.3) is 0 Å². The summed E-state index contributed by atoms with van der Waals surface area (Å²) in [7, 11) is 0. The van der Waals surface area contributed by atoms with Gasteiger partial charge in [-0.05, 0) is 31.2 Å². The van der Waals surface area contributed by atoms with Crippen LogP contribution in [0.15, 0.2) is 36.4 Å². The highest BCUT2D eigenvalue weighted by molar-refractivity contribution is 5.96. The number of anilines is 2. The summed E-state index contributed by atoms with van der Waals surface area (Å²) in [5.74, 6) is 0.775. The summed E-state index contributed by atoms with van der Waals surface area (Å²) < 4.78 is 5.31. The van der Waals surface area contributed by atoms with Gasteiger partial charge >= 0.3 is 0 Å². The van der Waals surface area contributed by atoms with Gasteiger partial charge in [0.1, 0.15) is 11.5 Å². The Labute approximate surface area is 122 Å². The van der Waals surface area contributed by atoms with E-state index >= 15 is 0 Å². The second kappa shape index (κ2) is 5.36. The lowest BCUT2D eigenvalue weighted by Crippen LogP contribution is -2.25. The van der Waals surface area contributed by atoms with Crippen LogP contribution in [0.2, 0.25) is 0 Å². The lowest BCUT2D eigenvalue weighted by molar-refractivity contribution is -0.118. The highest BCUT2D eigenvalue weighted by atomic mass is 16.5. The van der Waals surface area contributed by atoms with Crippen LogP contribution in [0.4, 0.5) is 11.4 Å². The van der Waals surface area contributed by atoms with Crippen LogP contribution in [0, 0.1) is 6.92 Å². The third kappa shape index (κ3) is 2.91. The summed E-state index contributed by atoms with van der Waals surface area (Å²) in [6, 6.07) is 11.0. The molecule has 0 spiro atoms. The van der Waals surface area contributed by atoms with Crippen LogP contribution in [0.3, 0.4) is 0 Å². The van der Waals surface area contributed by atoms with Gasteiger partial charge in [0.2, 0.25) is 0 Å². The number of hydrogen-bond acceptors (Lipinski definition) is 4. The minimum absolute atomic E-state index is 0.0525. The molecular weight excluding hydrogens is 268 g/mol. The van der Waals surface area contributed by atoms with Crippen LogP contribution >= 0.6 is 0 Å². The Hall–Kier alpha value is -2.69. The SMILES string of the molecule is Cc1ccc(O)c(CNc2ccc3c(c2)NC(=O)CO3)c1. The second-order valence-corrected chi connectivity index (χ2v) is 5.03. The van der Waals surface area contributed by atoms with E-state index in [9.17, 15) is 9.90 Å². The Morgan fingerprint density at radius 1 is 1.29 bits per heavy atom. The van der Waals surface area contributed by atoms with E-state index in [0.29, 0.717) is 18.0 Å². The van der Waals surface area contributed by atoms with E-state index < -0.39 is 0 Å². The maximum absolute atomic E-state index is 11.3. The van der Waals surface area contributed by atoms with E-state index in [-0.39, 0.29) is 18.3 Å². The fourth-order valence-electron chi connectivity index (χ4n) is 2.25. The predicted molar refractivity (Wildman–Crippen MR) is 80.7 cm³/mol. The molecule has 1 amide bonds. The lowest BCUT2D eigenvalue weighted by atomic mass is 10.1. The summed E-state index contributed by atoms with van der Waals surface area (Å²) in [6.07, 6.45) is 0. The van der Waals surface area contributed by atoms with Crippen molar-refractivity contribution >= 4 is 17.3 Å². The summed E-state index contributed by atoms with van der Waals surface area (Å²) >= 11 is 0. The fraction of sp³-hybridized carbons (Fsp3) is 0.188. The molecule has 0 atom stereocenters. The predicted octanol–water partition coefficient (Wildman–Crippen LogP) is 2.64. The van der Waals surface area contributed by atoms with E-state index in [1.807, 2.05) is 37.3 Å². The van der Waals surface area contributed by atoms with Crippen LogP contribution in [0.1, 0.15) is 11.1 Å². The zero-order chi connectivity index (χ0) is 14.8. The quantitative estimate of drug-likeness (QED) is 0.810. The molecule has 0 bridgehead atoms. The summed E-state index contributed by atoms with van der Waals surface area (Å²) in [6.45, 7) is 2.53. The number of aryl methyl sites for hydroxylation is 1. The number of fused-ring (bicyclic) bond motifs is 1. The molecule has 1 aliphatic rings. The number of phenolic OH excluding ortho intramolecular Hbond substituents is 1. The molecule has 0 radical (unpaired) electrons. The van der Waals surface area contributed by atoms with E-state index in [1.165, 1.54) is 0 Å². The number of amides is 1. The maximum Gasteiger partial charge on any atom is 0.262 e. The molecule has 0 aromatic heterocycles. The molecular formula is C16H16N2O3. The maximum atomic E-state index is 11.3. The summed E-state index contributed by atoms with van der Waals surface area (Å²) in [4.78, 5) is 11.3. The van der Waals surface area contributed by atoms with Gasteiger partial charge in [0.15, 0.2) is 6.61 Å². The number of aromatic hydroxyl groups is 1. The molecule has 0 saturated carbocycles. The number of benzene rings is 2. The number of nitrogens with one attached hydrogen (secondary N) is 2. The largest absolute Gasteiger partial charge is 0.508 e. The molecule has 1 heterocycles. The van der Waals surface area contributed by atoms with Crippen molar-refractivity contribution in [2.75, 3.05) is 17.2 Å². The van der Waals surface area contributed by atoms with Crippen molar-refractivity contribution in [1.82, 2.24) is 0 Å². The number of carbonyl (C=O) groups excluding carboxylic acids is 1. The molecule has 3 N–H and O–H groups in total. The highest BCUT2D eigenvalue weighted by Crippen LogP contribution is 2.30. The van der Waals surface area contributed by atoms with E-state index in [0.717, 1.165) is 16.8 Å². The van der Waals surface area contributed by atoms with Crippen molar-refractivity contribution in [1.29, 1.82) is 0 Å². The van der Waals surface area contributed by atoms with Gasteiger partial charge < -0.3 is 20.5 Å². The molecule has 0 saturated heterocycles. The third-order valence-electron chi connectivity index (χ3n) is 3.33. The van der Waals surface area contributed by atoms with Crippen molar-refractivity contribution in [3.8, 4) is 11.5 Å². The third-order valence-corrected chi connectivity index (χ3v) is 3.33. The van der Waals surface area contributed by atoms with Crippen LogP contribution in [-0.2, 0) is 11.3 Å². The number of phenols is 1. The Kier molecular flexibility index (Phi) is 3.39. The van der Waals surface area contributed by atoms with Crippen molar-refractivity contribution in [3.63, 3.8) is 0 Å². The summed E-state index contributed by atoms with van der Waals surface area (Å²) in [5, 5.41) is 15.8. The standard InChI is InChI=1S/C16H16N2O3/c1-10-2-4-14(19)11(6-10)8-17-12-3-5-15-13(7-12)18-16(20)9-21-15/h2-7,17,19H,8-9H2,1H3,(H,18,20). The lowest BCUT2D eigenvalue weighted by Gasteiger charge is -2.19. The highest BCUT2D eigenvalue weighted by Gasteiger charge is 2.15. The van der Waals surface area contributed by atoms with Crippen molar-refractivity contribution < 1.29 is 14.6 Å². The molecule has 1 aliphatic heterocycles. The van der Waals surface area contributed by atoms with Crippen LogP contribution < -0.4 is 15.4 Å². The minimum Gasteiger partial charge on any atom is -0.508 e. The zero-order valence-corrected chi connectivity index (χ0v) is 11.6. The monoisotopic (exact) mass is 284 g/mol. The Morgan fingerprint density at radius 3 is 3.00 bits per heavy atom. The number of carbonyl (C=O) groups is 1. The second-order valence-electron chi connectivity index (χ2n) is 5.03. The first-order chi connectivity index (χ1) is 10.1. The first kappa shape index (κ1) is 13.3. The van der Waals surface area contributed by atoms with Gasteiger partial charge in [-0.3, -0.25) is 4.79 Å². The molecule has 108 valence electrons. The Bertz CT molecular complexity index is 698. The molecule has 5 nitrogen and oxygen atoms in total. The van der Waals surface area contributed by atoms with Crippen molar-refractivity contribution in [3.05, 3.63) is 47.5 Å². The average Bonchev–Trinajstić information content (AvgIpc) is 2.47. The topological polar surface area (TPSA) is 70.6 Å². The molecule has 5 heteroatoms. The Balaban J connectivity index is 1.75. The molecule has 2 aromatic carbocycles. The molecule has 21 heavy (non-hydrogen) atoms. The fourth-order valence-corrected chi connectivity index (χ4v) is 2.25. The number of rotatable bonds is 3. The van der Waals surface area contributed by atoms with Gasteiger partial charge in [-0.2, -0.15) is 0 Å². The van der Waals surface area contributed by atoms with Gasteiger partial charge in [0.05, 0.1) is 5.69 Å². The van der Waals surface area contributed by atoms with Crippen molar-refractivity contribution in [2.45, 2.75) is 13.5 Å². The molecule has 0 unspecified atom stereocenters. The van der Waals surface area contributed by atoms with Gasteiger partial charge in [-0.1, -0.05) is 17.7 Å². The smallest absolute Gasteiger partial charge is 0.262 e. The number of hydrogen-bond donors (Lipinski definition) is 3. The van der Waals surface area contributed by atoms with Crippen molar-refractivity contribution in [2.24, 2.45) is 0 Å². The van der Waals surface area contributed by atoms with Gasteiger partial charge in [-0.15, -0.1) is 0 Å². The normalized spacial score (nSPS) is 13.1. The first-order valence-corrected chi connectivity index (χ1v) is 6.71. The van der Waals surface area contributed by atoms with Crippen LogP contribution in [0.5, 0.6) is 11.5 Å². The van der Waals surface area contributed by atoms with Gasteiger partial charge in [0.25, 0.3) is 5.91 Å². The van der Waals surface area contributed by atoms with E-state index in [1.54, 1.807) is 6.07 Å². The van der Waals surface area contributed by atoms with E-state index in [4.69, 9.17) is 4.74 Å². The Morgan fingerprint density at radius 2 is 2.14 bits per heavy atom. The molecule has 0 fully saturated rings. The molecule has 3 rings (SSSR count). The molecule has 2 aromatic rings. The first-order valence-electron chi connectivity index (χ1n) is 6.71. The number of ether oxygens (including phenoxy) is 1. The summed E-state index contributed by atoms with van der Waals surface area (Å²) in [5.41, 5.74) is 3.42. The molecule has 0 aliphatic carbocycles. The average molecular weight is 284 g/mol.